The van der Waals surface area contributed by atoms with Gasteiger partial charge in [-0.3, -0.25) is 14.9 Å². The van der Waals surface area contributed by atoms with Gasteiger partial charge in [0.05, 0.1) is 9.82 Å². The first-order valence-electron chi connectivity index (χ1n) is 6.21. The molecule has 2 rings (SSSR count). The molecule has 1 aromatic carbocycles. The fourth-order valence-electron chi connectivity index (χ4n) is 2.29. The average Bonchev–Trinajstić information content (AvgIpc) is 2.33. The monoisotopic (exact) mass is 314 g/mol. The molecule has 0 amide bonds. The molecular formula is C12H14N2O6S. The zero-order valence-corrected chi connectivity index (χ0v) is 12.0. The lowest BCUT2D eigenvalue weighted by Gasteiger charge is -2.37. The van der Waals surface area contributed by atoms with Crippen LogP contribution in [0.1, 0.15) is 24.8 Å². The van der Waals surface area contributed by atoms with E-state index in [1.807, 2.05) is 0 Å². The fourth-order valence-corrected chi connectivity index (χ4v) is 3.98. The van der Waals surface area contributed by atoms with Gasteiger partial charge in [-0.25, -0.2) is 8.42 Å². The minimum absolute atomic E-state index is 0.0186. The van der Waals surface area contributed by atoms with Crippen molar-refractivity contribution in [3.8, 4) is 0 Å². The molecule has 0 atom stereocenters. The smallest absolute Gasteiger partial charge is 0.324 e. The minimum Gasteiger partial charge on any atom is -0.480 e. The molecule has 1 fully saturated rings. The fraction of sp³-hybridized carbons (Fsp3) is 0.417. The van der Waals surface area contributed by atoms with Gasteiger partial charge in [0.15, 0.2) is 0 Å². The minimum atomic E-state index is -4.15. The normalized spacial score (nSPS) is 17.0. The molecule has 8 nitrogen and oxygen atoms in total. The van der Waals surface area contributed by atoms with Crippen LogP contribution in [-0.2, 0) is 14.8 Å². The Hall–Kier alpha value is -2.00. The van der Waals surface area contributed by atoms with Crippen LogP contribution >= 0.6 is 0 Å². The highest BCUT2D eigenvalue weighted by atomic mass is 32.2. The topological polar surface area (TPSA) is 127 Å². The maximum Gasteiger partial charge on any atom is 0.324 e. The molecule has 0 saturated heterocycles. The SMILES string of the molecule is Cc1c([N+](=O)[O-])cccc1S(=O)(=O)NC1(C(=O)O)CCC1. The highest BCUT2D eigenvalue weighted by Gasteiger charge is 2.48. The van der Waals surface area contributed by atoms with Gasteiger partial charge in [0, 0.05) is 11.6 Å². The van der Waals surface area contributed by atoms with E-state index in [1.165, 1.54) is 25.1 Å². The van der Waals surface area contributed by atoms with Crippen LogP contribution in [-0.4, -0.2) is 30.0 Å². The summed E-state index contributed by atoms with van der Waals surface area (Å²) in [6.07, 6.45) is 1.02. The van der Waals surface area contributed by atoms with E-state index in [0.29, 0.717) is 6.42 Å². The lowest BCUT2D eigenvalue weighted by molar-refractivity contribution is -0.385. The highest BCUT2D eigenvalue weighted by Crippen LogP contribution is 2.34. The first-order valence-corrected chi connectivity index (χ1v) is 7.69. The Kier molecular flexibility index (Phi) is 3.72. The van der Waals surface area contributed by atoms with E-state index in [2.05, 4.69) is 4.72 Å². The molecule has 0 aromatic heterocycles. The van der Waals surface area contributed by atoms with Crippen LogP contribution in [0.4, 0.5) is 5.69 Å². The second kappa shape index (κ2) is 5.08. The predicted molar refractivity (Wildman–Crippen MR) is 72.4 cm³/mol. The number of rotatable bonds is 5. The standard InChI is InChI=1S/C12H14N2O6S/c1-8-9(14(17)18)4-2-5-10(8)21(19,20)13-12(11(15)16)6-3-7-12/h2,4-5,13H,3,6-7H2,1H3,(H,15,16). The van der Waals surface area contributed by atoms with Gasteiger partial charge in [0.25, 0.3) is 5.69 Å². The van der Waals surface area contributed by atoms with Gasteiger partial charge in [-0.1, -0.05) is 6.07 Å². The van der Waals surface area contributed by atoms with Crippen molar-refractivity contribution < 1.29 is 23.2 Å². The lowest BCUT2D eigenvalue weighted by Crippen LogP contribution is -2.58. The van der Waals surface area contributed by atoms with Gasteiger partial charge in [-0.2, -0.15) is 4.72 Å². The van der Waals surface area contributed by atoms with Gasteiger partial charge in [-0.15, -0.1) is 0 Å². The zero-order chi connectivity index (χ0) is 15.8. The Morgan fingerprint density at radius 3 is 2.48 bits per heavy atom. The summed E-state index contributed by atoms with van der Waals surface area (Å²) in [5.74, 6) is -1.24. The van der Waals surface area contributed by atoms with Gasteiger partial charge in [0.2, 0.25) is 10.0 Å². The highest BCUT2D eigenvalue weighted by molar-refractivity contribution is 7.89. The van der Waals surface area contributed by atoms with Crippen molar-refractivity contribution in [1.82, 2.24) is 4.72 Å². The van der Waals surface area contributed by atoms with E-state index >= 15 is 0 Å². The second-order valence-corrected chi connectivity index (χ2v) is 6.65. The molecule has 21 heavy (non-hydrogen) atoms. The summed E-state index contributed by atoms with van der Waals surface area (Å²) < 4.78 is 26.9. The van der Waals surface area contributed by atoms with Crippen molar-refractivity contribution in [2.75, 3.05) is 0 Å². The van der Waals surface area contributed by atoms with Crippen LogP contribution in [0.25, 0.3) is 0 Å². The number of nitrogens with one attached hydrogen (secondary N) is 1. The van der Waals surface area contributed by atoms with Crippen molar-refractivity contribution in [1.29, 1.82) is 0 Å². The molecule has 1 saturated carbocycles. The predicted octanol–water partition coefficient (Wildman–Crippen LogP) is 1.19. The van der Waals surface area contributed by atoms with Crippen LogP contribution in [0.15, 0.2) is 23.1 Å². The van der Waals surface area contributed by atoms with Crippen LogP contribution in [0.5, 0.6) is 0 Å². The van der Waals surface area contributed by atoms with Crippen LogP contribution < -0.4 is 4.72 Å². The molecule has 1 aromatic rings. The van der Waals surface area contributed by atoms with E-state index in [-0.39, 0.29) is 29.0 Å². The number of aliphatic carboxylic acids is 1. The number of hydrogen-bond acceptors (Lipinski definition) is 5. The van der Waals surface area contributed by atoms with Gasteiger partial charge in [0.1, 0.15) is 5.54 Å². The summed E-state index contributed by atoms with van der Waals surface area (Å²) in [7, 11) is -4.15. The third-order valence-electron chi connectivity index (χ3n) is 3.69. The van der Waals surface area contributed by atoms with Crippen molar-refractivity contribution in [3.05, 3.63) is 33.9 Å². The molecule has 0 radical (unpaired) electrons. The van der Waals surface area contributed by atoms with Crippen molar-refractivity contribution in [2.24, 2.45) is 0 Å². The average molecular weight is 314 g/mol. The number of carboxylic acids is 1. The molecule has 1 aliphatic carbocycles. The molecule has 114 valence electrons. The number of nitrogens with zero attached hydrogens (tertiary/aromatic N) is 1. The summed E-state index contributed by atoms with van der Waals surface area (Å²) in [5, 5.41) is 20.0. The zero-order valence-electron chi connectivity index (χ0n) is 11.2. The summed E-state index contributed by atoms with van der Waals surface area (Å²) >= 11 is 0. The Morgan fingerprint density at radius 1 is 1.43 bits per heavy atom. The summed E-state index contributed by atoms with van der Waals surface area (Å²) in [6.45, 7) is 1.32. The first-order chi connectivity index (χ1) is 9.69. The first kappa shape index (κ1) is 15.4. The van der Waals surface area contributed by atoms with E-state index < -0.39 is 26.5 Å². The molecule has 0 heterocycles. The number of nitro benzene ring substituents is 1. The quantitative estimate of drug-likeness (QED) is 0.621. The van der Waals surface area contributed by atoms with Crippen molar-refractivity contribution in [3.63, 3.8) is 0 Å². The van der Waals surface area contributed by atoms with Crippen molar-refractivity contribution >= 4 is 21.7 Å². The molecule has 0 unspecified atom stereocenters. The summed E-state index contributed by atoms with van der Waals surface area (Å²) in [6, 6.07) is 3.68. The van der Waals surface area contributed by atoms with Gasteiger partial charge < -0.3 is 5.11 Å². The van der Waals surface area contributed by atoms with Gasteiger partial charge in [-0.05, 0) is 32.3 Å². The number of carbonyl (C=O) groups is 1. The third kappa shape index (κ3) is 2.61. The lowest BCUT2D eigenvalue weighted by atomic mass is 9.78. The van der Waals surface area contributed by atoms with Crippen molar-refractivity contribution in [2.45, 2.75) is 36.6 Å². The molecule has 0 spiro atoms. The van der Waals surface area contributed by atoms with Crippen LogP contribution in [0, 0.1) is 17.0 Å². The maximum atomic E-state index is 12.3. The molecule has 2 N–H and O–H groups in total. The molecular weight excluding hydrogens is 300 g/mol. The van der Waals surface area contributed by atoms with E-state index in [1.54, 1.807) is 0 Å². The molecule has 0 bridgehead atoms. The molecule has 0 aliphatic heterocycles. The second-order valence-electron chi connectivity index (χ2n) is 5.00. The molecule has 9 heteroatoms. The Bertz CT molecular complexity index is 708. The third-order valence-corrected chi connectivity index (χ3v) is 5.37. The van der Waals surface area contributed by atoms with E-state index in [0.717, 1.165) is 0 Å². The number of nitro groups is 1. The number of benzene rings is 1. The van der Waals surface area contributed by atoms with Gasteiger partial charge >= 0.3 is 5.97 Å². The summed E-state index contributed by atoms with van der Waals surface area (Å²) in [4.78, 5) is 21.1. The van der Waals surface area contributed by atoms with Crippen LogP contribution in [0.3, 0.4) is 0 Å². The number of carboxylic acid groups (broad SMARTS) is 1. The largest absolute Gasteiger partial charge is 0.480 e. The Morgan fingerprint density at radius 2 is 2.05 bits per heavy atom. The Labute approximate surface area is 121 Å². The number of sulfonamides is 1. The Balaban J connectivity index is 2.43. The molecule has 1 aliphatic rings. The summed E-state index contributed by atoms with van der Waals surface area (Å²) in [5.41, 5.74) is -1.85. The van der Waals surface area contributed by atoms with E-state index in [9.17, 15) is 28.4 Å². The maximum absolute atomic E-state index is 12.3. The van der Waals surface area contributed by atoms with E-state index in [4.69, 9.17) is 0 Å². The van der Waals surface area contributed by atoms with Crippen LogP contribution in [0.2, 0.25) is 0 Å². The number of hydrogen-bond donors (Lipinski definition) is 2.